The smallest absolute Gasteiger partial charge is 0.264 e. The summed E-state index contributed by atoms with van der Waals surface area (Å²) in [5.41, 5.74) is 2.58. The van der Waals surface area contributed by atoms with Crippen molar-refractivity contribution in [1.82, 2.24) is 15.5 Å². The molecule has 5 nitrogen and oxygen atoms in total. The SMILES string of the molecule is CNC(C)Cc1noc(COc2ccc(C(C)C)c(C)c2)n1. The number of benzene rings is 1. The Labute approximate surface area is 132 Å². The van der Waals surface area contributed by atoms with Gasteiger partial charge in [-0.25, -0.2) is 0 Å². The number of nitrogens with one attached hydrogen (secondary N) is 1. The van der Waals surface area contributed by atoms with Crippen LogP contribution in [0, 0.1) is 6.92 Å². The van der Waals surface area contributed by atoms with E-state index in [1.54, 1.807) is 0 Å². The molecule has 120 valence electrons. The van der Waals surface area contributed by atoms with Crippen molar-refractivity contribution < 1.29 is 9.26 Å². The first-order valence-electron chi connectivity index (χ1n) is 7.71. The predicted molar refractivity (Wildman–Crippen MR) is 86.1 cm³/mol. The zero-order valence-corrected chi connectivity index (χ0v) is 14.0. The summed E-state index contributed by atoms with van der Waals surface area (Å²) in [4.78, 5) is 4.34. The number of hydrogen-bond acceptors (Lipinski definition) is 5. The van der Waals surface area contributed by atoms with Gasteiger partial charge in [0.05, 0.1) is 0 Å². The molecule has 2 aromatic rings. The van der Waals surface area contributed by atoms with Gasteiger partial charge < -0.3 is 14.6 Å². The fourth-order valence-electron chi connectivity index (χ4n) is 2.34. The minimum absolute atomic E-state index is 0.293. The molecule has 0 bridgehead atoms. The number of aryl methyl sites for hydroxylation is 1. The molecule has 1 atom stereocenters. The van der Waals surface area contributed by atoms with Crippen molar-refractivity contribution in [3.8, 4) is 5.75 Å². The van der Waals surface area contributed by atoms with Gasteiger partial charge in [-0.2, -0.15) is 4.98 Å². The van der Waals surface area contributed by atoms with E-state index in [0.717, 1.165) is 12.2 Å². The fraction of sp³-hybridized carbons (Fsp3) is 0.529. The lowest BCUT2D eigenvalue weighted by atomic mass is 9.98. The van der Waals surface area contributed by atoms with Gasteiger partial charge in [0, 0.05) is 12.5 Å². The second-order valence-electron chi connectivity index (χ2n) is 5.96. The number of aromatic nitrogens is 2. The highest BCUT2D eigenvalue weighted by molar-refractivity contribution is 5.36. The van der Waals surface area contributed by atoms with Crippen LogP contribution in [0.15, 0.2) is 22.7 Å². The van der Waals surface area contributed by atoms with Gasteiger partial charge >= 0.3 is 0 Å². The Morgan fingerprint density at radius 2 is 2.05 bits per heavy atom. The number of nitrogens with zero attached hydrogens (tertiary/aromatic N) is 2. The van der Waals surface area contributed by atoms with Gasteiger partial charge in [0.1, 0.15) is 5.75 Å². The van der Waals surface area contributed by atoms with Gasteiger partial charge in [0.15, 0.2) is 12.4 Å². The average molecular weight is 303 g/mol. The number of hydrogen-bond donors (Lipinski definition) is 1. The van der Waals surface area contributed by atoms with E-state index in [1.165, 1.54) is 11.1 Å². The Bertz CT molecular complexity index is 608. The van der Waals surface area contributed by atoms with Crippen molar-refractivity contribution in [2.75, 3.05) is 7.05 Å². The Morgan fingerprint density at radius 3 is 2.68 bits per heavy atom. The number of ether oxygens (including phenoxy) is 1. The van der Waals surface area contributed by atoms with Gasteiger partial charge in [0.2, 0.25) is 0 Å². The second kappa shape index (κ2) is 7.40. The fourth-order valence-corrected chi connectivity index (χ4v) is 2.34. The summed E-state index contributed by atoms with van der Waals surface area (Å²) in [6, 6.07) is 6.47. The molecule has 1 aromatic heterocycles. The van der Waals surface area contributed by atoms with Crippen molar-refractivity contribution in [1.29, 1.82) is 0 Å². The van der Waals surface area contributed by atoms with Crippen LogP contribution in [-0.2, 0) is 13.0 Å². The van der Waals surface area contributed by atoms with E-state index in [4.69, 9.17) is 9.26 Å². The highest BCUT2D eigenvalue weighted by Crippen LogP contribution is 2.23. The van der Waals surface area contributed by atoms with Crippen molar-refractivity contribution in [3.63, 3.8) is 0 Å². The first kappa shape index (κ1) is 16.5. The predicted octanol–water partition coefficient (Wildman–Crippen LogP) is 3.23. The van der Waals surface area contributed by atoms with Crippen LogP contribution in [-0.4, -0.2) is 23.2 Å². The summed E-state index contributed by atoms with van der Waals surface area (Å²) in [5.74, 6) is 2.54. The van der Waals surface area contributed by atoms with Crippen LogP contribution in [0.2, 0.25) is 0 Å². The molecular weight excluding hydrogens is 278 g/mol. The molecule has 0 amide bonds. The second-order valence-corrected chi connectivity index (χ2v) is 5.96. The first-order chi connectivity index (χ1) is 10.5. The van der Waals surface area contributed by atoms with E-state index >= 15 is 0 Å². The average Bonchev–Trinajstić information content (AvgIpc) is 2.92. The third-order valence-corrected chi connectivity index (χ3v) is 3.72. The Morgan fingerprint density at radius 1 is 1.27 bits per heavy atom. The molecule has 0 saturated carbocycles. The maximum absolute atomic E-state index is 5.74. The monoisotopic (exact) mass is 303 g/mol. The summed E-state index contributed by atoms with van der Waals surface area (Å²) < 4.78 is 11.0. The van der Waals surface area contributed by atoms with Crippen molar-refractivity contribution in [2.45, 2.75) is 52.7 Å². The van der Waals surface area contributed by atoms with Crippen LogP contribution in [0.4, 0.5) is 0 Å². The molecule has 1 N–H and O–H groups in total. The molecule has 2 rings (SSSR count). The third-order valence-electron chi connectivity index (χ3n) is 3.72. The highest BCUT2D eigenvalue weighted by Gasteiger charge is 2.10. The van der Waals surface area contributed by atoms with E-state index in [1.807, 2.05) is 13.1 Å². The summed E-state index contributed by atoms with van der Waals surface area (Å²) in [6.07, 6.45) is 0.738. The Kier molecular flexibility index (Phi) is 5.55. The zero-order valence-electron chi connectivity index (χ0n) is 14.0. The molecule has 0 radical (unpaired) electrons. The lowest BCUT2D eigenvalue weighted by Crippen LogP contribution is -2.24. The molecule has 0 spiro atoms. The van der Waals surface area contributed by atoms with Crippen molar-refractivity contribution >= 4 is 0 Å². The van der Waals surface area contributed by atoms with Crippen LogP contribution in [0.1, 0.15) is 49.5 Å². The lowest BCUT2D eigenvalue weighted by Gasteiger charge is -2.11. The molecule has 5 heteroatoms. The van der Waals surface area contributed by atoms with Crippen molar-refractivity contribution in [3.05, 3.63) is 41.0 Å². The normalized spacial score (nSPS) is 12.6. The molecule has 0 aliphatic heterocycles. The van der Waals surface area contributed by atoms with Gasteiger partial charge in [-0.15, -0.1) is 0 Å². The van der Waals surface area contributed by atoms with E-state index in [-0.39, 0.29) is 0 Å². The molecule has 0 saturated heterocycles. The maximum Gasteiger partial charge on any atom is 0.264 e. The summed E-state index contributed by atoms with van der Waals surface area (Å²) in [7, 11) is 1.91. The molecular formula is C17H25N3O2. The van der Waals surface area contributed by atoms with E-state index in [0.29, 0.717) is 30.3 Å². The van der Waals surface area contributed by atoms with Crippen LogP contribution < -0.4 is 10.1 Å². The van der Waals surface area contributed by atoms with Crippen LogP contribution in [0.5, 0.6) is 5.75 Å². The van der Waals surface area contributed by atoms with Gasteiger partial charge in [-0.05, 0) is 50.1 Å². The Balaban J connectivity index is 1.94. The topological polar surface area (TPSA) is 60.2 Å². The number of rotatable bonds is 7. The quantitative estimate of drug-likeness (QED) is 0.851. The van der Waals surface area contributed by atoms with Crippen molar-refractivity contribution in [2.24, 2.45) is 0 Å². The molecule has 0 aliphatic rings. The molecule has 1 heterocycles. The maximum atomic E-state index is 5.74. The number of likely N-dealkylation sites (N-methyl/N-ethyl adjacent to an activating group) is 1. The molecule has 22 heavy (non-hydrogen) atoms. The highest BCUT2D eigenvalue weighted by atomic mass is 16.5. The first-order valence-corrected chi connectivity index (χ1v) is 7.71. The Hall–Kier alpha value is -1.88. The zero-order chi connectivity index (χ0) is 16.1. The van der Waals surface area contributed by atoms with E-state index in [9.17, 15) is 0 Å². The van der Waals surface area contributed by atoms with Gasteiger partial charge in [0.25, 0.3) is 5.89 Å². The van der Waals surface area contributed by atoms with Gasteiger partial charge in [-0.3, -0.25) is 0 Å². The van der Waals surface area contributed by atoms with Crippen LogP contribution in [0.3, 0.4) is 0 Å². The largest absolute Gasteiger partial charge is 0.484 e. The minimum atomic E-state index is 0.293. The minimum Gasteiger partial charge on any atom is -0.484 e. The molecule has 1 aromatic carbocycles. The van der Waals surface area contributed by atoms with Crippen LogP contribution in [0.25, 0.3) is 0 Å². The standard InChI is InChI=1S/C17H25N3O2/c1-11(2)15-7-6-14(8-12(15)3)21-10-17-19-16(20-22-17)9-13(4)18-5/h6-8,11,13,18H,9-10H2,1-5H3. The lowest BCUT2D eigenvalue weighted by molar-refractivity contribution is 0.242. The molecule has 0 aliphatic carbocycles. The summed E-state index contributed by atoms with van der Waals surface area (Å²) in [5, 5.41) is 7.11. The van der Waals surface area contributed by atoms with E-state index < -0.39 is 0 Å². The van der Waals surface area contributed by atoms with Gasteiger partial charge in [-0.1, -0.05) is 25.1 Å². The third kappa shape index (κ3) is 4.31. The van der Waals surface area contributed by atoms with Crippen LogP contribution >= 0.6 is 0 Å². The molecule has 1 unspecified atom stereocenters. The van der Waals surface area contributed by atoms with E-state index in [2.05, 4.69) is 55.3 Å². The summed E-state index contributed by atoms with van der Waals surface area (Å²) >= 11 is 0. The molecule has 0 fully saturated rings. The summed E-state index contributed by atoms with van der Waals surface area (Å²) in [6.45, 7) is 8.85.